The van der Waals surface area contributed by atoms with E-state index in [1.807, 2.05) is 0 Å². The lowest BCUT2D eigenvalue weighted by Gasteiger charge is -2.19. The molecule has 0 fully saturated rings. The van der Waals surface area contributed by atoms with Crippen molar-refractivity contribution in [1.29, 1.82) is 0 Å². The number of ether oxygens (including phenoxy) is 1. The Labute approximate surface area is 92.0 Å². The van der Waals surface area contributed by atoms with Crippen LogP contribution in [0.15, 0.2) is 12.1 Å². The molecule has 0 heterocycles. The lowest BCUT2D eigenvalue weighted by Crippen LogP contribution is -2.24. The van der Waals surface area contributed by atoms with E-state index in [4.69, 9.17) is 16.3 Å². The third-order valence-corrected chi connectivity index (χ3v) is 2.88. The molecule has 0 bridgehead atoms. The molecule has 1 aliphatic carbocycles. The maximum atomic E-state index is 13.2. The molecular weight excluding hydrogens is 219 g/mol. The maximum Gasteiger partial charge on any atom is 0.198 e. The summed E-state index contributed by atoms with van der Waals surface area (Å²) in [5, 5.41) is 0.275. The molecule has 0 aromatic heterocycles. The van der Waals surface area contributed by atoms with Gasteiger partial charge in [-0.05, 0) is 30.5 Å². The largest absolute Gasteiger partial charge is 0.497 e. The molecule has 1 aromatic rings. The van der Waals surface area contributed by atoms with Gasteiger partial charge in [-0.25, -0.2) is 4.39 Å². The van der Waals surface area contributed by atoms with E-state index >= 15 is 0 Å². The van der Waals surface area contributed by atoms with Crippen LogP contribution in [0, 0.1) is 0 Å². The minimum Gasteiger partial charge on any atom is -0.497 e. The number of hydrogen-bond acceptors (Lipinski definition) is 2. The van der Waals surface area contributed by atoms with Crippen molar-refractivity contribution in [3.63, 3.8) is 0 Å². The van der Waals surface area contributed by atoms with Crippen molar-refractivity contribution in [1.82, 2.24) is 0 Å². The van der Waals surface area contributed by atoms with Crippen LogP contribution in [0.3, 0.4) is 0 Å². The summed E-state index contributed by atoms with van der Waals surface area (Å²) in [5.41, 5.74) is 1.09. The zero-order valence-electron chi connectivity index (χ0n) is 8.22. The molecule has 0 aliphatic heterocycles. The Morgan fingerprint density at radius 2 is 2.27 bits per heavy atom. The molecule has 1 unspecified atom stereocenters. The van der Waals surface area contributed by atoms with E-state index in [1.165, 1.54) is 13.2 Å². The third-order valence-electron chi connectivity index (χ3n) is 2.58. The van der Waals surface area contributed by atoms with Crippen LogP contribution in [0.4, 0.5) is 4.39 Å². The predicted octanol–water partition coefficient (Wildman–Crippen LogP) is 2.82. The number of benzene rings is 1. The Balaban J connectivity index is 2.55. The number of ketones is 1. The number of carbonyl (C=O) groups is 1. The maximum absolute atomic E-state index is 13.2. The first-order valence-corrected chi connectivity index (χ1v) is 5.06. The van der Waals surface area contributed by atoms with Gasteiger partial charge in [-0.15, -0.1) is 0 Å². The summed E-state index contributed by atoms with van der Waals surface area (Å²) in [4.78, 5) is 11.5. The van der Waals surface area contributed by atoms with Crippen molar-refractivity contribution in [3.8, 4) is 5.75 Å². The molecule has 0 spiro atoms. The normalized spacial score (nSPS) is 19.9. The fraction of sp³-hybridized carbons (Fsp3) is 0.364. The lowest BCUT2D eigenvalue weighted by atomic mass is 9.89. The van der Waals surface area contributed by atoms with Gasteiger partial charge >= 0.3 is 0 Å². The summed E-state index contributed by atoms with van der Waals surface area (Å²) >= 11 is 5.92. The van der Waals surface area contributed by atoms with Crippen LogP contribution in [-0.4, -0.2) is 19.1 Å². The van der Waals surface area contributed by atoms with Gasteiger partial charge in [0, 0.05) is 5.56 Å². The minimum atomic E-state index is -1.41. The van der Waals surface area contributed by atoms with Crippen LogP contribution in [0.2, 0.25) is 5.02 Å². The summed E-state index contributed by atoms with van der Waals surface area (Å²) in [6.07, 6.45) is -0.655. The van der Waals surface area contributed by atoms with Gasteiger partial charge in [0.05, 0.1) is 12.1 Å². The second-order valence-corrected chi connectivity index (χ2v) is 3.92. The Hall–Kier alpha value is -1.09. The van der Waals surface area contributed by atoms with Gasteiger partial charge in [0.2, 0.25) is 0 Å². The van der Waals surface area contributed by atoms with Crippen LogP contribution < -0.4 is 4.74 Å². The first-order valence-electron chi connectivity index (χ1n) is 4.68. The summed E-state index contributed by atoms with van der Waals surface area (Å²) < 4.78 is 18.2. The average Bonchev–Trinajstić information content (AvgIpc) is 2.23. The van der Waals surface area contributed by atoms with Gasteiger partial charge in [-0.2, -0.15) is 0 Å². The number of carbonyl (C=O) groups excluding carboxylic acids is 1. The van der Waals surface area contributed by atoms with Gasteiger partial charge in [-0.3, -0.25) is 4.79 Å². The molecule has 0 radical (unpaired) electrons. The van der Waals surface area contributed by atoms with Crippen molar-refractivity contribution in [2.24, 2.45) is 0 Å². The topological polar surface area (TPSA) is 26.3 Å². The molecule has 2 nitrogen and oxygen atoms in total. The molecule has 4 heteroatoms. The van der Waals surface area contributed by atoms with E-state index in [2.05, 4.69) is 0 Å². The van der Waals surface area contributed by atoms with E-state index in [0.29, 0.717) is 17.7 Å². The molecule has 0 saturated heterocycles. The minimum absolute atomic E-state index is 0.231. The summed E-state index contributed by atoms with van der Waals surface area (Å²) in [6, 6.07) is 3.28. The summed E-state index contributed by atoms with van der Waals surface area (Å²) in [6.45, 7) is 0. The van der Waals surface area contributed by atoms with Gasteiger partial charge in [0.15, 0.2) is 12.0 Å². The van der Waals surface area contributed by atoms with Crippen molar-refractivity contribution >= 4 is 17.4 Å². The molecule has 2 rings (SSSR count). The number of alkyl halides is 1. The van der Waals surface area contributed by atoms with Crippen LogP contribution in [-0.2, 0) is 6.42 Å². The number of rotatable bonds is 1. The highest BCUT2D eigenvalue weighted by molar-refractivity contribution is 6.34. The second-order valence-electron chi connectivity index (χ2n) is 3.51. The van der Waals surface area contributed by atoms with E-state index in [1.54, 1.807) is 6.07 Å². The number of hydrogen-bond donors (Lipinski definition) is 0. The van der Waals surface area contributed by atoms with Gasteiger partial charge in [0.25, 0.3) is 0 Å². The van der Waals surface area contributed by atoms with E-state index in [-0.39, 0.29) is 11.4 Å². The molecular formula is C11H10ClFO2. The van der Waals surface area contributed by atoms with Crippen LogP contribution >= 0.6 is 11.6 Å². The van der Waals surface area contributed by atoms with E-state index < -0.39 is 12.0 Å². The number of fused-ring (bicyclic) bond motifs is 1. The Morgan fingerprint density at radius 1 is 1.53 bits per heavy atom. The van der Waals surface area contributed by atoms with Crippen molar-refractivity contribution in [3.05, 3.63) is 28.3 Å². The molecule has 0 saturated carbocycles. The molecule has 0 N–H and O–H groups in total. The fourth-order valence-electron chi connectivity index (χ4n) is 1.80. The Morgan fingerprint density at radius 3 is 2.93 bits per heavy atom. The number of halogens is 2. The number of Topliss-reactive ketones (excluding diaryl/α,β-unsaturated/α-hetero) is 1. The highest BCUT2D eigenvalue weighted by Crippen LogP contribution is 2.32. The summed E-state index contributed by atoms with van der Waals surface area (Å²) in [7, 11) is 1.53. The SMILES string of the molecule is COc1cc(Cl)c2c(c1)CCC(F)C2=O. The molecule has 80 valence electrons. The lowest BCUT2D eigenvalue weighted by molar-refractivity contribution is 0.0856. The quantitative estimate of drug-likeness (QED) is 0.739. The molecule has 1 aliphatic rings. The fourth-order valence-corrected chi connectivity index (χ4v) is 2.12. The highest BCUT2D eigenvalue weighted by atomic mass is 35.5. The average molecular weight is 229 g/mol. The molecule has 15 heavy (non-hydrogen) atoms. The summed E-state index contributed by atoms with van der Waals surface area (Å²) in [5.74, 6) is 0.0905. The number of aryl methyl sites for hydroxylation is 1. The van der Waals surface area contributed by atoms with Gasteiger partial charge < -0.3 is 4.74 Å². The molecule has 1 atom stereocenters. The van der Waals surface area contributed by atoms with Gasteiger partial charge in [0.1, 0.15) is 5.75 Å². The van der Waals surface area contributed by atoms with E-state index in [9.17, 15) is 9.18 Å². The van der Waals surface area contributed by atoms with Crippen molar-refractivity contribution in [2.45, 2.75) is 19.0 Å². The predicted molar refractivity (Wildman–Crippen MR) is 55.6 cm³/mol. The van der Waals surface area contributed by atoms with Crippen LogP contribution in [0.5, 0.6) is 5.75 Å². The molecule has 1 aromatic carbocycles. The Kier molecular flexibility index (Phi) is 2.65. The zero-order valence-corrected chi connectivity index (χ0v) is 8.97. The monoisotopic (exact) mass is 228 g/mol. The van der Waals surface area contributed by atoms with Crippen molar-refractivity contribution < 1.29 is 13.9 Å². The standard InChI is InChI=1S/C11H10ClFO2/c1-15-7-4-6-2-3-9(13)11(14)10(6)8(12)5-7/h4-5,9H,2-3H2,1H3. The zero-order chi connectivity index (χ0) is 11.0. The molecule has 0 amide bonds. The number of methoxy groups -OCH3 is 1. The third kappa shape index (κ3) is 1.72. The first kappa shape index (κ1) is 10.4. The smallest absolute Gasteiger partial charge is 0.198 e. The van der Waals surface area contributed by atoms with Crippen molar-refractivity contribution in [2.75, 3.05) is 7.11 Å². The first-order chi connectivity index (χ1) is 7.13. The second kappa shape index (κ2) is 3.81. The highest BCUT2D eigenvalue weighted by Gasteiger charge is 2.29. The van der Waals surface area contributed by atoms with Crippen LogP contribution in [0.25, 0.3) is 0 Å². The Bertz CT molecular complexity index is 417. The van der Waals surface area contributed by atoms with Gasteiger partial charge in [-0.1, -0.05) is 11.6 Å². The van der Waals surface area contributed by atoms with E-state index in [0.717, 1.165) is 5.56 Å². The van der Waals surface area contributed by atoms with Crippen LogP contribution in [0.1, 0.15) is 22.3 Å².